The SMILES string of the molecule is C[C@H](Oc1cccc(Cl)c1)C(=O)NN=Cc1cccc(OCc2cccc(Br)c2)c1. The summed E-state index contributed by atoms with van der Waals surface area (Å²) in [4.78, 5) is 12.2. The molecule has 154 valence electrons. The molecule has 0 aromatic heterocycles. The van der Waals surface area contributed by atoms with Gasteiger partial charge in [0, 0.05) is 9.50 Å². The molecule has 0 saturated heterocycles. The summed E-state index contributed by atoms with van der Waals surface area (Å²) in [5.41, 5.74) is 4.33. The highest BCUT2D eigenvalue weighted by molar-refractivity contribution is 9.10. The van der Waals surface area contributed by atoms with Gasteiger partial charge in [0.2, 0.25) is 0 Å². The van der Waals surface area contributed by atoms with Crippen molar-refractivity contribution >= 4 is 39.7 Å². The molecule has 7 heteroatoms. The summed E-state index contributed by atoms with van der Waals surface area (Å²) < 4.78 is 12.4. The Morgan fingerprint density at radius 2 is 1.87 bits per heavy atom. The molecule has 3 aromatic rings. The Kier molecular flexibility index (Phi) is 7.88. The zero-order chi connectivity index (χ0) is 21.3. The third-order valence-electron chi connectivity index (χ3n) is 4.02. The number of hydrazone groups is 1. The van der Waals surface area contributed by atoms with E-state index in [9.17, 15) is 4.79 Å². The number of carbonyl (C=O) groups excluding carboxylic acids is 1. The molecule has 30 heavy (non-hydrogen) atoms. The highest BCUT2D eigenvalue weighted by Gasteiger charge is 2.13. The van der Waals surface area contributed by atoms with E-state index in [4.69, 9.17) is 21.1 Å². The summed E-state index contributed by atoms with van der Waals surface area (Å²) in [5.74, 6) is 0.862. The number of halogens is 2. The van der Waals surface area contributed by atoms with E-state index in [-0.39, 0.29) is 5.91 Å². The molecule has 0 aliphatic carbocycles. The fourth-order valence-electron chi connectivity index (χ4n) is 2.54. The Bertz CT molecular complexity index is 1040. The third kappa shape index (κ3) is 6.90. The molecule has 3 rings (SSSR count). The van der Waals surface area contributed by atoms with E-state index in [1.165, 1.54) is 0 Å². The van der Waals surface area contributed by atoms with Crippen LogP contribution in [0, 0.1) is 0 Å². The first-order chi connectivity index (χ1) is 14.5. The summed E-state index contributed by atoms with van der Waals surface area (Å²) in [6, 6.07) is 22.3. The standard InChI is InChI=1S/C23H20BrClN2O3/c1-16(30-22-10-4-8-20(25)13-22)23(28)27-26-14-17-5-3-9-21(12-17)29-15-18-6-2-7-19(24)11-18/h2-14,16H,15H2,1H3,(H,27,28)/t16-/m0/s1. The van der Waals surface area contributed by atoms with Crippen LogP contribution in [0.5, 0.6) is 11.5 Å². The van der Waals surface area contributed by atoms with Crippen molar-refractivity contribution in [3.05, 3.63) is 93.4 Å². The van der Waals surface area contributed by atoms with Gasteiger partial charge in [-0.2, -0.15) is 5.10 Å². The maximum Gasteiger partial charge on any atom is 0.280 e. The van der Waals surface area contributed by atoms with Gasteiger partial charge in [0.05, 0.1) is 6.21 Å². The topological polar surface area (TPSA) is 59.9 Å². The van der Waals surface area contributed by atoms with Gasteiger partial charge in [-0.15, -0.1) is 0 Å². The Morgan fingerprint density at radius 3 is 2.67 bits per heavy atom. The van der Waals surface area contributed by atoms with Crippen molar-refractivity contribution < 1.29 is 14.3 Å². The van der Waals surface area contributed by atoms with Gasteiger partial charge in [0.25, 0.3) is 5.91 Å². The van der Waals surface area contributed by atoms with Gasteiger partial charge in [-0.25, -0.2) is 5.43 Å². The van der Waals surface area contributed by atoms with Gasteiger partial charge in [0.15, 0.2) is 6.10 Å². The molecular formula is C23H20BrClN2O3. The van der Waals surface area contributed by atoms with Gasteiger partial charge in [-0.05, 0) is 60.5 Å². The number of hydrogen-bond donors (Lipinski definition) is 1. The fourth-order valence-corrected chi connectivity index (χ4v) is 3.16. The molecule has 3 aromatic carbocycles. The quantitative estimate of drug-likeness (QED) is 0.332. The highest BCUT2D eigenvalue weighted by atomic mass is 79.9. The van der Waals surface area contributed by atoms with Crippen LogP contribution in [-0.2, 0) is 11.4 Å². The molecular weight excluding hydrogens is 468 g/mol. The lowest BCUT2D eigenvalue weighted by molar-refractivity contribution is -0.127. The number of hydrogen-bond acceptors (Lipinski definition) is 4. The van der Waals surface area contributed by atoms with E-state index in [0.717, 1.165) is 15.6 Å². The number of benzene rings is 3. The van der Waals surface area contributed by atoms with E-state index in [1.807, 2.05) is 48.5 Å². The molecule has 0 heterocycles. The molecule has 1 N–H and O–H groups in total. The summed E-state index contributed by atoms with van der Waals surface area (Å²) >= 11 is 9.37. The van der Waals surface area contributed by atoms with E-state index in [1.54, 1.807) is 37.4 Å². The van der Waals surface area contributed by atoms with Crippen LogP contribution in [0.4, 0.5) is 0 Å². The van der Waals surface area contributed by atoms with Crippen LogP contribution in [0.15, 0.2) is 82.4 Å². The van der Waals surface area contributed by atoms with Crippen LogP contribution in [0.2, 0.25) is 5.02 Å². The molecule has 1 amide bonds. The fraction of sp³-hybridized carbons (Fsp3) is 0.130. The van der Waals surface area contributed by atoms with E-state index in [0.29, 0.717) is 23.1 Å². The zero-order valence-corrected chi connectivity index (χ0v) is 18.6. The van der Waals surface area contributed by atoms with Crippen LogP contribution >= 0.6 is 27.5 Å². The summed E-state index contributed by atoms with van der Waals surface area (Å²) in [7, 11) is 0. The minimum Gasteiger partial charge on any atom is -0.489 e. The molecule has 0 fully saturated rings. The van der Waals surface area contributed by atoms with Crippen LogP contribution in [0.3, 0.4) is 0 Å². The first-order valence-corrected chi connectivity index (χ1v) is 10.4. The monoisotopic (exact) mass is 486 g/mol. The van der Waals surface area contributed by atoms with Gasteiger partial charge in [-0.1, -0.05) is 57.9 Å². The summed E-state index contributed by atoms with van der Waals surface area (Å²) in [5, 5.41) is 4.54. The average molecular weight is 488 g/mol. The molecule has 5 nitrogen and oxygen atoms in total. The maximum absolute atomic E-state index is 12.2. The molecule has 0 radical (unpaired) electrons. The number of ether oxygens (including phenoxy) is 2. The Balaban J connectivity index is 1.51. The predicted octanol–water partition coefficient (Wildman–Crippen LogP) is 5.60. The average Bonchev–Trinajstić information content (AvgIpc) is 2.72. The molecule has 0 aliphatic rings. The van der Waals surface area contributed by atoms with Crippen LogP contribution in [0.25, 0.3) is 0 Å². The zero-order valence-electron chi connectivity index (χ0n) is 16.2. The third-order valence-corrected chi connectivity index (χ3v) is 4.75. The van der Waals surface area contributed by atoms with Crippen LogP contribution in [-0.4, -0.2) is 18.2 Å². The molecule has 1 atom stereocenters. The Labute approximate surface area is 188 Å². The second-order valence-corrected chi connectivity index (χ2v) is 7.79. The second-order valence-electron chi connectivity index (χ2n) is 6.44. The minimum atomic E-state index is -0.722. The molecule has 0 saturated carbocycles. The van der Waals surface area contributed by atoms with Gasteiger partial charge >= 0.3 is 0 Å². The van der Waals surface area contributed by atoms with Crippen molar-refractivity contribution in [3.8, 4) is 11.5 Å². The van der Waals surface area contributed by atoms with Gasteiger partial charge in [0.1, 0.15) is 18.1 Å². The molecule has 0 aliphatic heterocycles. The largest absolute Gasteiger partial charge is 0.489 e. The minimum absolute atomic E-state index is 0.367. The number of amides is 1. The lowest BCUT2D eigenvalue weighted by Gasteiger charge is -2.13. The Morgan fingerprint density at radius 1 is 1.10 bits per heavy atom. The van der Waals surface area contributed by atoms with E-state index in [2.05, 4.69) is 26.5 Å². The Hall–Kier alpha value is -2.83. The van der Waals surface area contributed by atoms with Crippen molar-refractivity contribution in [1.29, 1.82) is 0 Å². The maximum atomic E-state index is 12.2. The molecule has 0 spiro atoms. The number of rotatable bonds is 8. The van der Waals surface area contributed by atoms with E-state index >= 15 is 0 Å². The smallest absolute Gasteiger partial charge is 0.280 e. The van der Waals surface area contributed by atoms with Crippen molar-refractivity contribution in [1.82, 2.24) is 5.43 Å². The first-order valence-electron chi connectivity index (χ1n) is 9.22. The lowest BCUT2D eigenvalue weighted by atomic mass is 10.2. The molecule has 0 bridgehead atoms. The van der Waals surface area contributed by atoms with Crippen molar-refractivity contribution in [2.45, 2.75) is 19.6 Å². The first kappa shape index (κ1) is 21.9. The van der Waals surface area contributed by atoms with Crippen molar-refractivity contribution in [2.75, 3.05) is 0 Å². The normalized spacial score (nSPS) is 11.8. The summed E-state index contributed by atoms with van der Waals surface area (Å²) in [6.45, 7) is 2.09. The van der Waals surface area contributed by atoms with Gasteiger partial charge in [-0.3, -0.25) is 4.79 Å². The summed E-state index contributed by atoms with van der Waals surface area (Å²) in [6.07, 6.45) is 0.830. The predicted molar refractivity (Wildman–Crippen MR) is 122 cm³/mol. The molecule has 0 unspecified atom stereocenters. The highest BCUT2D eigenvalue weighted by Crippen LogP contribution is 2.19. The lowest BCUT2D eigenvalue weighted by Crippen LogP contribution is -2.33. The number of nitrogens with zero attached hydrogens (tertiary/aromatic N) is 1. The van der Waals surface area contributed by atoms with Crippen molar-refractivity contribution in [2.24, 2.45) is 5.10 Å². The number of carbonyl (C=O) groups is 1. The van der Waals surface area contributed by atoms with E-state index < -0.39 is 6.10 Å². The van der Waals surface area contributed by atoms with Crippen LogP contribution < -0.4 is 14.9 Å². The van der Waals surface area contributed by atoms with Crippen molar-refractivity contribution in [3.63, 3.8) is 0 Å². The second kappa shape index (κ2) is 10.8. The van der Waals surface area contributed by atoms with Gasteiger partial charge < -0.3 is 9.47 Å². The number of nitrogens with one attached hydrogen (secondary N) is 1. The van der Waals surface area contributed by atoms with Crippen LogP contribution in [0.1, 0.15) is 18.1 Å².